The van der Waals surface area contributed by atoms with Crippen LogP contribution in [0, 0.1) is 0 Å². The van der Waals surface area contributed by atoms with Crippen LogP contribution in [0.1, 0.15) is 37.6 Å². The molecule has 0 aromatic heterocycles. The first-order valence-electron chi connectivity index (χ1n) is 6.27. The molecule has 0 saturated heterocycles. The lowest BCUT2D eigenvalue weighted by atomic mass is 10.2. The molecule has 5 nitrogen and oxygen atoms in total. The summed E-state index contributed by atoms with van der Waals surface area (Å²) in [7, 11) is -3.57. The Hall–Kier alpha value is -1.40. The molecule has 0 aliphatic carbocycles. The van der Waals surface area contributed by atoms with Gasteiger partial charge < -0.3 is 5.32 Å². The van der Waals surface area contributed by atoms with Crippen LogP contribution in [-0.2, 0) is 10.0 Å². The van der Waals surface area contributed by atoms with Gasteiger partial charge in [-0.15, -0.1) is 0 Å². The van der Waals surface area contributed by atoms with E-state index in [1.54, 1.807) is 26.0 Å². The molecule has 1 aromatic carbocycles. The molecule has 0 atom stereocenters. The van der Waals surface area contributed by atoms with Crippen LogP contribution in [0.4, 0.5) is 0 Å². The van der Waals surface area contributed by atoms with Gasteiger partial charge in [0.25, 0.3) is 5.91 Å². The van der Waals surface area contributed by atoms with Gasteiger partial charge in [0.15, 0.2) is 0 Å². The highest BCUT2D eigenvalue weighted by molar-refractivity contribution is 7.89. The zero-order valence-corrected chi connectivity index (χ0v) is 12.3. The van der Waals surface area contributed by atoms with E-state index in [9.17, 15) is 13.2 Å². The lowest BCUT2D eigenvalue weighted by Gasteiger charge is -2.10. The topological polar surface area (TPSA) is 75.3 Å². The van der Waals surface area contributed by atoms with E-state index < -0.39 is 10.0 Å². The van der Waals surface area contributed by atoms with Crippen LogP contribution in [0.15, 0.2) is 29.2 Å². The average Bonchev–Trinajstić information content (AvgIpc) is 2.34. The van der Waals surface area contributed by atoms with Crippen molar-refractivity contribution >= 4 is 15.9 Å². The fourth-order valence-corrected chi connectivity index (χ4v) is 2.82. The predicted molar refractivity (Wildman–Crippen MR) is 74.5 cm³/mol. The van der Waals surface area contributed by atoms with Gasteiger partial charge in [-0.1, -0.05) is 13.0 Å². The summed E-state index contributed by atoms with van der Waals surface area (Å²) in [6.45, 7) is 6.01. The lowest BCUT2D eigenvalue weighted by molar-refractivity contribution is 0.0953. The molecule has 106 valence electrons. The summed E-state index contributed by atoms with van der Waals surface area (Å²) >= 11 is 0. The minimum atomic E-state index is -3.57. The number of sulfonamides is 1. The first-order chi connectivity index (χ1) is 8.86. The Bertz CT molecular complexity index is 539. The molecule has 0 fully saturated rings. The van der Waals surface area contributed by atoms with E-state index >= 15 is 0 Å². The van der Waals surface area contributed by atoms with Crippen molar-refractivity contribution in [3.05, 3.63) is 29.8 Å². The molecular formula is C13H20N2O3S. The van der Waals surface area contributed by atoms with Crippen molar-refractivity contribution in [2.75, 3.05) is 6.54 Å². The Labute approximate surface area is 114 Å². The van der Waals surface area contributed by atoms with E-state index in [0.717, 1.165) is 6.42 Å². The largest absolute Gasteiger partial charge is 0.352 e. The van der Waals surface area contributed by atoms with Crippen LogP contribution < -0.4 is 10.0 Å². The molecule has 0 spiro atoms. The Kier molecular flexibility index (Phi) is 5.50. The summed E-state index contributed by atoms with van der Waals surface area (Å²) in [4.78, 5) is 11.9. The molecule has 0 radical (unpaired) electrons. The van der Waals surface area contributed by atoms with Crippen LogP contribution >= 0.6 is 0 Å². The molecule has 0 bridgehead atoms. The first-order valence-corrected chi connectivity index (χ1v) is 7.75. The van der Waals surface area contributed by atoms with E-state index in [-0.39, 0.29) is 16.8 Å². The van der Waals surface area contributed by atoms with Crippen LogP contribution in [0.3, 0.4) is 0 Å². The quantitative estimate of drug-likeness (QED) is 0.831. The fraction of sp³-hybridized carbons (Fsp3) is 0.462. The van der Waals surface area contributed by atoms with Crippen molar-refractivity contribution in [3.8, 4) is 0 Å². The number of hydrogen-bond donors (Lipinski definition) is 2. The minimum absolute atomic E-state index is 0.102. The second-order valence-electron chi connectivity index (χ2n) is 4.56. The van der Waals surface area contributed by atoms with Gasteiger partial charge in [0.2, 0.25) is 10.0 Å². The number of carbonyl (C=O) groups is 1. The predicted octanol–water partition coefficient (Wildman–Crippen LogP) is 1.51. The maximum Gasteiger partial charge on any atom is 0.251 e. The monoisotopic (exact) mass is 284 g/mol. The Morgan fingerprint density at radius 2 is 2.00 bits per heavy atom. The Morgan fingerprint density at radius 1 is 1.32 bits per heavy atom. The maximum atomic E-state index is 12.0. The molecule has 19 heavy (non-hydrogen) atoms. The van der Waals surface area contributed by atoms with Gasteiger partial charge in [0, 0.05) is 18.2 Å². The van der Waals surface area contributed by atoms with Crippen LogP contribution in [0.5, 0.6) is 0 Å². The summed E-state index contributed by atoms with van der Waals surface area (Å²) in [6.07, 6.45) is 0.832. The summed E-state index contributed by atoms with van der Waals surface area (Å²) in [6, 6.07) is 5.83. The van der Waals surface area contributed by atoms with Crippen LogP contribution in [0.25, 0.3) is 0 Å². The summed E-state index contributed by atoms with van der Waals surface area (Å²) in [5.41, 5.74) is 0.347. The van der Waals surface area contributed by atoms with Crippen molar-refractivity contribution in [2.45, 2.75) is 38.1 Å². The Balaban J connectivity index is 2.97. The highest BCUT2D eigenvalue weighted by Crippen LogP contribution is 2.12. The second-order valence-corrected chi connectivity index (χ2v) is 6.27. The van der Waals surface area contributed by atoms with Gasteiger partial charge in [-0.2, -0.15) is 0 Å². The van der Waals surface area contributed by atoms with Crippen molar-refractivity contribution in [3.63, 3.8) is 0 Å². The third-order valence-electron chi connectivity index (χ3n) is 2.33. The third-order valence-corrected chi connectivity index (χ3v) is 3.99. The SMILES string of the molecule is CCCNC(=O)c1cccc(S(=O)(=O)NC(C)C)c1. The third kappa shape index (κ3) is 4.65. The lowest BCUT2D eigenvalue weighted by Crippen LogP contribution is -2.30. The normalized spacial score (nSPS) is 11.6. The molecule has 0 aliphatic heterocycles. The van der Waals surface area contributed by atoms with Crippen molar-refractivity contribution < 1.29 is 13.2 Å². The van der Waals surface area contributed by atoms with E-state index in [4.69, 9.17) is 0 Å². The smallest absolute Gasteiger partial charge is 0.251 e. The van der Waals surface area contributed by atoms with E-state index in [0.29, 0.717) is 12.1 Å². The molecular weight excluding hydrogens is 264 g/mol. The van der Waals surface area contributed by atoms with Crippen LogP contribution in [-0.4, -0.2) is 26.9 Å². The molecule has 0 saturated carbocycles. The molecule has 2 N–H and O–H groups in total. The number of nitrogens with one attached hydrogen (secondary N) is 2. The molecule has 1 aromatic rings. The first kappa shape index (κ1) is 15.7. The summed E-state index contributed by atoms with van der Waals surface area (Å²) in [5, 5.41) is 2.71. The van der Waals surface area contributed by atoms with Gasteiger partial charge >= 0.3 is 0 Å². The zero-order valence-electron chi connectivity index (χ0n) is 11.4. The zero-order chi connectivity index (χ0) is 14.5. The van der Waals surface area contributed by atoms with Gasteiger partial charge in [-0.25, -0.2) is 13.1 Å². The number of benzene rings is 1. The molecule has 6 heteroatoms. The number of rotatable bonds is 6. The molecule has 0 unspecified atom stereocenters. The van der Waals surface area contributed by atoms with Crippen molar-refractivity contribution in [1.82, 2.24) is 10.0 Å². The Morgan fingerprint density at radius 3 is 2.58 bits per heavy atom. The molecule has 0 heterocycles. The number of amides is 1. The highest BCUT2D eigenvalue weighted by atomic mass is 32.2. The highest BCUT2D eigenvalue weighted by Gasteiger charge is 2.16. The van der Waals surface area contributed by atoms with Gasteiger partial charge in [-0.3, -0.25) is 4.79 Å². The number of carbonyl (C=O) groups excluding carboxylic acids is 1. The molecule has 0 aliphatic rings. The van der Waals surface area contributed by atoms with Gasteiger partial charge in [-0.05, 0) is 38.5 Å². The summed E-state index contributed by atoms with van der Waals surface area (Å²) in [5.74, 6) is -0.261. The standard InChI is InChI=1S/C13H20N2O3S/c1-4-8-14-13(16)11-6-5-7-12(9-11)19(17,18)15-10(2)3/h5-7,9-10,15H,4,8H2,1-3H3,(H,14,16). The van der Waals surface area contributed by atoms with Crippen molar-refractivity contribution in [2.24, 2.45) is 0 Å². The molecule has 1 rings (SSSR count). The van der Waals surface area contributed by atoms with Crippen molar-refractivity contribution in [1.29, 1.82) is 0 Å². The van der Waals surface area contributed by atoms with E-state index in [2.05, 4.69) is 10.0 Å². The van der Waals surface area contributed by atoms with E-state index in [1.165, 1.54) is 12.1 Å². The average molecular weight is 284 g/mol. The van der Waals surface area contributed by atoms with Gasteiger partial charge in [0.05, 0.1) is 4.90 Å². The van der Waals surface area contributed by atoms with E-state index in [1.807, 2.05) is 6.92 Å². The summed E-state index contributed by atoms with van der Waals surface area (Å²) < 4.78 is 26.5. The fourth-order valence-electron chi connectivity index (χ4n) is 1.52. The van der Waals surface area contributed by atoms with Crippen LogP contribution in [0.2, 0.25) is 0 Å². The maximum absolute atomic E-state index is 12.0. The second kappa shape index (κ2) is 6.68. The van der Waals surface area contributed by atoms with Gasteiger partial charge in [0.1, 0.15) is 0 Å². The number of hydrogen-bond acceptors (Lipinski definition) is 3. The minimum Gasteiger partial charge on any atom is -0.352 e. The molecule has 1 amide bonds.